The monoisotopic (exact) mass is 326 g/mol. The maximum absolute atomic E-state index is 11.9. The topological polar surface area (TPSA) is 65.5 Å². The molecule has 22 heavy (non-hydrogen) atoms. The Kier molecular flexibility index (Phi) is 5.91. The molecule has 0 saturated carbocycles. The minimum atomic E-state index is -3.33. The van der Waals surface area contributed by atoms with Crippen molar-refractivity contribution in [2.45, 2.75) is 26.8 Å². The van der Waals surface area contributed by atoms with Crippen molar-refractivity contribution in [1.82, 2.24) is 18.9 Å². The van der Waals surface area contributed by atoms with Crippen LogP contribution in [0.3, 0.4) is 0 Å². The van der Waals surface area contributed by atoms with Crippen LogP contribution in [0.2, 0.25) is 0 Å². The van der Waals surface area contributed by atoms with Gasteiger partial charge in [-0.3, -0.25) is 9.88 Å². The molecule has 0 aliphatic carbocycles. The van der Waals surface area contributed by atoms with Crippen LogP contribution in [0.4, 0.5) is 0 Å². The van der Waals surface area contributed by atoms with Gasteiger partial charge in [0, 0.05) is 38.9 Å². The van der Waals surface area contributed by atoms with E-state index in [1.165, 1.54) is 4.31 Å². The van der Waals surface area contributed by atoms with E-state index in [0.717, 1.165) is 37.4 Å². The molecule has 1 aromatic rings. The van der Waals surface area contributed by atoms with Crippen LogP contribution >= 0.6 is 0 Å². The highest BCUT2D eigenvalue weighted by molar-refractivity contribution is 7.87. The highest BCUT2D eigenvalue weighted by Crippen LogP contribution is 2.18. The van der Waals surface area contributed by atoms with E-state index in [0.29, 0.717) is 19.0 Å². The Morgan fingerprint density at radius 1 is 1.45 bits per heavy atom. The number of rotatable bonds is 7. The molecule has 7 heteroatoms. The molecule has 1 aliphatic rings. The molecule has 1 aromatic heterocycles. The number of likely N-dealkylation sites (tertiary alicyclic amines) is 1. The van der Waals surface area contributed by atoms with Gasteiger partial charge in [0.2, 0.25) is 0 Å². The van der Waals surface area contributed by atoms with Crippen LogP contribution in [0.5, 0.6) is 0 Å². The molecular weight excluding hydrogens is 300 g/mol. The van der Waals surface area contributed by atoms with Gasteiger partial charge >= 0.3 is 0 Å². The number of aromatic nitrogens is 1. The van der Waals surface area contributed by atoms with Gasteiger partial charge in [0.1, 0.15) is 0 Å². The largest absolute Gasteiger partial charge is 0.297 e. The Morgan fingerprint density at radius 2 is 2.23 bits per heavy atom. The Balaban J connectivity index is 1.81. The van der Waals surface area contributed by atoms with Gasteiger partial charge in [-0.25, -0.2) is 4.72 Å². The first kappa shape index (κ1) is 17.3. The Labute approximate surface area is 133 Å². The molecule has 1 atom stereocenters. The Bertz CT molecular complexity index is 591. The minimum absolute atomic E-state index is 0.366. The van der Waals surface area contributed by atoms with Crippen molar-refractivity contribution in [3.05, 3.63) is 29.6 Å². The summed E-state index contributed by atoms with van der Waals surface area (Å²) < 4.78 is 27.9. The second-order valence-corrected chi connectivity index (χ2v) is 7.79. The zero-order chi connectivity index (χ0) is 16.2. The molecule has 0 spiro atoms. The highest BCUT2D eigenvalue weighted by atomic mass is 32.2. The lowest BCUT2D eigenvalue weighted by Gasteiger charge is -2.18. The summed E-state index contributed by atoms with van der Waals surface area (Å²) in [6.07, 6.45) is 1.02. The van der Waals surface area contributed by atoms with Gasteiger partial charge < -0.3 is 0 Å². The van der Waals surface area contributed by atoms with Crippen LogP contribution in [0, 0.1) is 12.8 Å². The average Bonchev–Trinajstić information content (AvgIpc) is 2.92. The van der Waals surface area contributed by atoms with Gasteiger partial charge in [-0.1, -0.05) is 13.0 Å². The van der Waals surface area contributed by atoms with Crippen LogP contribution < -0.4 is 4.72 Å². The van der Waals surface area contributed by atoms with Crippen LogP contribution in [-0.2, 0) is 16.8 Å². The molecule has 0 aromatic carbocycles. The summed E-state index contributed by atoms with van der Waals surface area (Å²) in [6, 6.07) is 6.06. The fourth-order valence-electron chi connectivity index (χ4n) is 2.64. The van der Waals surface area contributed by atoms with E-state index in [4.69, 9.17) is 0 Å². The van der Waals surface area contributed by atoms with Crippen molar-refractivity contribution in [2.75, 3.05) is 33.2 Å². The molecule has 0 amide bonds. The SMILES string of the molecule is CCN(C)S(=O)(=O)NC[C@@H]1CCN(Cc2cccc(C)n2)C1. The van der Waals surface area contributed by atoms with Crippen molar-refractivity contribution in [2.24, 2.45) is 5.92 Å². The van der Waals surface area contributed by atoms with Crippen molar-refractivity contribution < 1.29 is 8.42 Å². The molecule has 6 nitrogen and oxygen atoms in total. The lowest BCUT2D eigenvalue weighted by atomic mass is 10.1. The molecule has 0 unspecified atom stereocenters. The minimum Gasteiger partial charge on any atom is -0.297 e. The second kappa shape index (κ2) is 7.50. The standard InChI is InChI=1S/C15H26N4O2S/c1-4-18(3)22(20,21)16-10-14-8-9-19(11-14)12-15-7-5-6-13(2)17-15/h5-7,14,16H,4,8-12H2,1-3H3/t14-/m0/s1. The molecule has 0 radical (unpaired) electrons. The first-order valence-corrected chi connectivity index (χ1v) is 9.20. The van der Waals surface area contributed by atoms with Crippen LogP contribution in [0.25, 0.3) is 0 Å². The Morgan fingerprint density at radius 3 is 2.91 bits per heavy atom. The Hall–Kier alpha value is -1.02. The third-order valence-electron chi connectivity index (χ3n) is 4.11. The van der Waals surface area contributed by atoms with E-state index in [9.17, 15) is 8.42 Å². The maximum Gasteiger partial charge on any atom is 0.279 e. The molecule has 0 bridgehead atoms. The van der Waals surface area contributed by atoms with E-state index in [-0.39, 0.29) is 0 Å². The van der Waals surface area contributed by atoms with Gasteiger partial charge in [-0.15, -0.1) is 0 Å². The van der Waals surface area contributed by atoms with E-state index >= 15 is 0 Å². The van der Waals surface area contributed by atoms with Crippen LogP contribution in [0.15, 0.2) is 18.2 Å². The van der Waals surface area contributed by atoms with Gasteiger partial charge in [0.25, 0.3) is 10.2 Å². The zero-order valence-corrected chi connectivity index (χ0v) is 14.4. The van der Waals surface area contributed by atoms with E-state index < -0.39 is 10.2 Å². The van der Waals surface area contributed by atoms with Gasteiger partial charge in [0.15, 0.2) is 0 Å². The van der Waals surface area contributed by atoms with Gasteiger partial charge in [-0.05, 0) is 37.9 Å². The highest BCUT2D eigenvalue weighted by Gasteiger charge is 2.25. The summed E-state index contributed by atoms with van der Waals surface area (Å²) in [5.41, 5.74) is 2.11. The van der Waals surface area contributed by atoms with Crippen molar-refractivity contribution in [1.29, 1.82) is 0 Å². The summed E-state index contributed by atoms with van der Waals surface area (Å²) in [7, 11) is -1.74. The average molecular weight is 326 g/mol. The van der Waals surface area contributed by atoms with Crippen molar-refractivity contribution >= 4 is 10.2 Å². The molecule has 124 valence electrons. The number of nitrogens with zero attached hydrogens (tertiary/aromatic N) is 3. The van der Waals surface area contributed by atoms with Crippen molar-refractivity contribution in [3.8, 4) is 0 Å². The fraction of sp³-hybridized carbons (Fsp3) is 0.667. The van der Waals surface area contributed by atoms with Crippen LogP contribution in [-0.4, -0.2) is 55.8 Å². The summed E-state index contributed by atoms with van der Waals surface area (Å²) >= 11 is 0. The van der Waals surface area contributed by atoms with Gasteiger partial charge in [0.05, 0.1) is 5.69 Å². The normalized spacial score (nSPS) is 19.9. The van der Waals surface area contributed by atoms with Crippen LogP contribution in [0.1, 0.15) is 24.7 Å². The lowest BCUT2D eigenvalue weighted by molar-refractivity contribution is 0.312. The van der Waals surface area contributed by atoms with Gasteiger partial charge in [-0.2, -0.15) is 12.7 Å². The summed E-state index contributed by atoms with van der Waals surface area (Å²) in [5, 5.41) is 0. The van der Waals surface area contributed by atoms with E-state index in [1.54, 1.807) is 7.05 Å². The number of nitrogens with one attached hydrogen (secondary N) is 1. The number of aryl methyl sites for hydroxylation is 1. The second-order valence-electron chi connectivity index (χ2n) is 5.93. The predicted octanol–water partition coefficient (Wildman–Crippen LogP) is 0.998. The third kappa shape index (κ3) is 4.74. The molecule has 2 rings (SSSR count). The summed E-state index contributed by atoms with van der Waals surface area (Å²) in [5.74, 6) is 0.366. The van der Waals surface area contributed by atoms with E-state index in [1.807, 2.05) is 32.0 Å². The molecule has 1 aliphatic heterocycles. The molecular formula is C15H26N4O2S. The molecule has 1 fully saturated rings. The summed E-state index contributed by atoms with van der Waals surface area (Å²) in [4.78, 5) is 6.86. The van der Waals surface area contributed by atoms with Crippen molar-refractivity contribution in [3.63, 3.8) is 0 Å². The number of pyridine rings is 1. The number of hydrogen-bond acceptors (Lipinski definition) is 4. The molecule has 1 saturated heterocycles. The fourth-order valence-corrected chi connectivity index (χ4v) is 3.65. The lowest BCUT2D eigenvalue weighted by Crippen LogP contribution is -2.40. The molecule has 2 heterocycles. The maximum atomic E-state index is 11.9. The quantitative estimate of drug-likeness (QED) is 0.812. The number of hydrogen-bond donors (Lipinski definition) is 1. The first-order chi connectivity index (χ1) is 10.4. The first-order valence-electron chi connectivity index (χ1n) is 7.76. The summed E-state index contributed by atoms with van der Waals surface area (Å²) in [6.45, 7) is 7.54. The van der Waals surface area contributed by atoms with E-state index in [2.05, 4.69) is 14.6 Å². The molecule has 1 N–H and O–H groups in total. The smallest absolute Gasteiger partial charge is 0.279 e. The third-order valence-corrected chi connectivity index (χ3v) is 5.72. The zero-order valence-electron chi connectivity index (χ0n) is 13.6. The predicted molar refractivity (Wildman–Crippen MR) is 87.6 cm³/mol.